The summed E-state index contributed by atoms with van der Waals surface area (Å²) in [5, 5.41) is 3.07. The lowest BCUT2D eigenvalue weighted by atomic mass is 10.1. The number of carbonyl (C=O) groups excluding carboxylic acids is 3. The molecule has 148 valence electrons. The lowest BCUT2D eigenvalue weighted by Crippen LogP contribution is -2.31. The number of carbonyl (C=O) groups is 3. The number of aryl methyl sites for hydroxylation is 1. The van der Waals surface area contributed by atoms with Crippen LogP contribution in [0.15, 0.2) is 30.3 Å². The number of fused-ring (bicyclic) bond motifs is 1. The molecule has 3 rings (SSSR count). The SMILES string of the molecule is CC[C@H](Oc1ccccc1)C(=O)OCC(=O)Nc1sc2c(c1C(N)=O)CCC2. The molecule has 2 amide bonds. The zero-order chi connectivity index (χ0) is 20.1. The third-order valence-electron chi connectivity index (χ3n) is 4.42. The van der Waals surface area contributed by atoms with Gasteiger partial charge in [-0.2, -0.15) is 0 Å². The van der Waals surface area contributed by atoms with E-state index in [2.05, 4.69) is 5.32 Å². The molecule has 0 radical (unpaired) electrons. The molecular formula is C20H22N2O5S. The minimum atomic E-state index is -0.804. The van der Waals surface area contributed by atoms with Crippen LogP contribution < -0.4 is 15.8 Å². The number of nitrogens with two attached hydrogens (primary N) is 1. The molecule has 1 aliphatic carbocycles. The smallest absolute Gasteiger partial charge is 0.347 e. The average Bonchev–Trinajstić information content (AvgIpc) is 3.25. The lowest BCUT2D eigenvalue weighted by molar-refractivity contribution is -0.154. The van der Waals surface area contributed by atoms with Gasteiger partial charge in [0.25, 0.3) is 11.8 Å². The Morgan fingerprint density at radius 3 is 2.64 bits per heavy atom. The average molecular weight is 402 g/mol. The minimum Gasteiger partial charge on any atom is -0.479 e. The Morgan fingerprint density at radius 2 is 1.96 bits per heavy atom. The van der Waals surface area contributed by atoms with Crippen LogP contribution in [-0.4, -0.2) is 30.5 Å². The van der Waals surface area contributed by atoms with E-state index in [-0.39, 0.29) is 0 Å². The highest BCUT2D eigenvalue weighted by Crippen LogP contribution is 2.38. The number of rotatable bonds is 8. The molecule has 2 aromatic rings. The molecule has 1 aliphatic rings. The topological polar surface area (TPSA) is 108 Å². The van der Waals surface area contributed by atoms with Gasteiger partial charge in [-0.1, -0.05) is 25.1 Å². The first-order chi connectivity index (χ1) is 13.5. The van der Waals surface area contributed by atoms with Gasteiger partial charge >= 0.3 is 5.97 Å². The number of thiophene rings is 1. The van der Waals surface area contributed by atoms with Crippen LogP contribution in [0, 0.1) is 0 Å². The number of para-hydroxylation sites is 1. The van der Waals surface area contributed by atoms with E-state index in [4.69, 9.17) is 15.2 Å². The summed E-state index contributed by atoms with van der Waals surface area (Å²) < 4.78 is 10.7. The molecule has 1 atom stereocenters. The maximum Gasteiger partial charge on any atom is 0.347 e. The number of anilines is 1. The summed E-state index contributed by atoms with van der Waals surface area (Å²) in [7, 11) is 0. The molecule has 3 N–H and O–H groups in total. The predicted octanol–water partition coefficient (Wildman–Crippen LogP) is 2.68. The first kappa shape index (κ1) is 19.9. The second kappa shape index (κ2) is 8.88. The highest BCUT2D eigenvalue weighted by atomic mass is 32.1. The van der Waals surface area contributed by atoms with Gasteiger partial charge in [0.1, 0.15) is 10.8 Å². The van der Waals surface area contributed by atoms with E-state index in [0.29, 0.717) is 22.7 Å². The van der Waals surface area contributed by atoms with Crippen molar-refractivity contribution in [3.05, 3.63) is 46.3 Å². The van der Waals surface area contributed by atoms with E-state index in [1.165, 1.54) is 11.3 Å². The number of amides is 2. The Morgan fingerprint density at radius 1 is 1.21 bits per heavy atom. The minimum absolute atomic E-state index is 0.371. The van der Waals surface area contributed by atoms with Crippen molar-refractivity contribution < 1.29 is 23.9 Å². The second-order valence-corrected chi connectivity index (χ2v) is 7.51. The highest BCUT2D eigenvalue weighted by molar-refractivity contribution is 7.17. The fourth-order valence-electron chi connectivity index (χ4n) is 3.11. The van der Waals surface area contributed by atoms with Crippen LogP contribution in [0.2, 0.25) is 0 Å². The number of primary amides is 1. The lowest BCUT2D eigenvalue weighted by Gasteiger charge is -2.16. The fourth-order valence-corrected chi connectivity index (χ4v) is 4.42. The molecular weight excluding hydrogens is 380 g/mol. The maximum absolute atomic E-state index is 12.2. The summed E-state index contributed by atoms with van der Waals surface area (Å²) >= 11 is 1.35. The normalized spacial score (nSPS) is 13.5. The summed E-state index contributed by atoms with van der Waals surface area (Å²) in [4.78, 5) is 37.3. The van der Waals surface area contributed by atoms with Gasteiger partial charge in [-0.15, -0.1) is 11.3 Å². The molecule has 0 bridgehead atoms. The van der Waals surface area contributed by atoms with Crippen LogP contribution in [-0.2, 0) is 27.2 Å². The van der Waals surface area contributed by atoms with Crippen molar-refractivity contribution in [1.82, 2.24) is 0 Å². The summed E-state index contributed by atoms with van der Waals surface area (Å²) in [6, 6.07) is 8.93. The summed E-state index contributed by atoms with van der Waals surface area (Å²) in [5.41, 5.74) is 6.77. The summed E-state index contributed by atoms with van der Waals surface area (Å²) in [5.74, 6) is -1.15. The van der Waals surface area contributed by atoms with Crippen LogP contribution in [0.1, 0.15) is 40.6 Å². The Bertz CT molecular complexity index is 878. The highest BCUT2D eigenvalue weighted by Gasteiger charge is 2.27. The van der Waals surface area contributed by atoms with E-state index >= 15 is 0 Å². The summed E-state index contributed by atoms with van der Waals surface area (Å²) in [6.07, 6.45) is 2.23. The largest absolute Gasteiger partial charge is 0.479 e. The molecule has 0 unspecified atom stereocenters. The zero-order valence-electron chi connectivity index (χ0n) is 15.5. The van der Waals surface area contributed by atoms with Gasteiger partial charge in [-0.3, -0.25) is 9.59 Å². The third-order valence-corrected chi connectivity index (χ3v) is 5.63. The third kappa shape index (κ3) is 4.51. The maximum atomic E-state index is 12.2. The van der Waals surface area contributed by atoms with Crippen molar-refractivity contribution in [1.29, 1.82) is 0 Å². The van der Waals surface area contributed by atoms with Crippen LogP contribution in [0.5, 0.6) is 5.75 Å². The van der Waals surface area contributed by atoms with E-state index in [1.54, 1.807) is 31.2 Å². The molecule has 28 heavy (non-hydrogen) atoms. The van der Waals surface area contributed by atoms with Crippen LogP contribution in [0.4, 0.5) is 5.00 Å². The van der Waals surface area contributed by atoms with Crippen LogP contribution in [0.3, 0.4) is 0 Å². The molecule has 1 aromatic heterocycles. The van der Waals surface area contributed by atoms with Gasteiger partial charge in [0.05, 0.1) is 5.56 Å². The van der Waals surface area contributed by atoms with Gasteiger partial charge in [0, 0.05) is 4.88 Å². The molecule has 0 aliphatic heterocycles. The first-order valence-corrected chi connectivity index (χ1v) is 9.93. The van der Waals surface area contributed by atoms with Gasteiger partial charge in [0.15, 0.2) is 12.7 Å². The molecule has 0 fully saturated rings. The van der Waals surface area contributed by atoms with E-state index in [1.807, 2.05) is 6.07 Å². The number of hydrogen-bond acceptors (Lipinski definition) is 6. The predicted molar refractivity (Wildman–Crippen MR) is 106 cm³/mol. The zero-order valence-corrected chi connectivity index (χ0v) is 16.3. The van der Waals surface area contributed by atoms with Crippen molar-refractivity contribution in [2.45, 2.75) is 38.7 Å². The number of nitrogens with one attached hydrogen (secondary N) is 1. The molecule has 0 spiro atoms. The van der Waals surface area contributed by atoms with Crippen molar-refractivity contribution in [3.63, 3.8) is 0 Å². The van der Waals surface area contributed by atoms with E-state index in [0.717, 1.165) is 29.7 Å². The van der Waals surface area contributed by atoms with Crippen molar-refractivity contribution in [3.8, 4) is 5.75 Å². The van der Waals surface area contributed by atoms with Gasteiger partial charge in [0.2, 0.25) is 0 Å². The quantitative estimate of drug-likeness (QED) is 0.660. The molecule has 0 saturated heterocycles. The molecule has 1 heterocycles. The van der Waals surface area contributed by atoms with Crippen LogP contribution in [0.25, 0.3) is 0 Å². The monoisotopic (exact) mass is 402 g/mol. The molecule has 0 saturated carbocycles. The fraction of sp³-hybridized carbons (Fsp3) is 0.350. The molecule has 1 aromatic carbocycles. The van der Waals surface area contributed by atoms with Crippen molar-refractivity contribution >= 4 is 34.1 Å². The number of benzene rings is 1. The van der Waals surface area contributed by atoms with Crippen molar-refractivity contribution in [2.75, 3.05) is 11.9 Å². The Kier molecular flexibility index (Phi) is 6.30. The van der Waals surface area contributed by atoms with E-state index in [9.17, 15) is 14.4 Å². The van der Waals surface area contributed by atoms with Crippen LogP contribution >= 0.6 is 11.3 Å². The molecule has 7 nitrogen and oxygen atoms in total. The van der Waals surface area contributed by atoms with Crippen molar-refractivity contribution in [2.24, 2.45) is 5.73 Å². The van der Waals surface area contributed by atoms with Gasteiger partial charge in [-0.25, -0.2) is 4.79 Å². The second-order valence-electron chi connectivity index (χ2n) is 6.41. The summed E-state index contributed by atoms with van der Waals surface area (Å²) in [6.45, 7) is 1.33. The Hall–Kier alpha value is -2.87. The van der Waals surface area contributed by atoms with Gasteiger partial charge in [-0.05, 0) is 43.4 Å². The number of ether oxygens (including phenoxy) is 2. The Labute approximate surface area is 166 Å². The van der Waals surface area contributed by atoms with Gasteiger partial charge < -0.3 is 20.5 Å². The standard InChI is InChI=1S/C20H22N2O5S/c1-2-14(27-12-7-4-3-5-8-12)20(25)26-11-16(23)22-19-17(18(21)24)13-9-6-10-15(13)28-19/h3-5,7-8,14H,2,6,9-11H2,1H3,(H2,21,24)(H,22,23)/t14-/m0/s1. The van der Waals surface area contributed by atoms with E-state index < -0.39 is 30.5 Å². The number of esters is 1. The first-order valence-electron chi connectivity index (χ1n) is 9.12. The Balaban J connectivity index is 1.57. The molecule has 8 heteroatoms. The number of hydrogen-bond donors (Lipinski definition) is 2.